The number of likely N-dealkylation sites (N-methyl/N-ethyl adjacent to an activating group) is 1. The third kappa shape index (κ3) is 12.8. The highest BCUT2D eigenvalue weighted by molar-refractivity contribution is 7.80. The first-order chi connectivity index (χ1) is 15.7. The van der Waals surface area contributed by atoms with Gasteiger partial charge in [0.1, 0.15) is 18.1 Å². The first-order valence-electron chi connectivity index (χ1n) is 11.2. The molecule has 0 aromatic rings. The number of aliphatic carboxylic acids is 1. The Morgan fingerprint density at radius 2 is 1.24 bits per heavy atom. The molecule has 0 saturated carbocycles. The zero-order valence-electron chi connectivity index (χ0n) is 19.2. The number of carbonyl (C=O) groups is 4. The molecule has 0 unspecified atom stereocenters. The smallest absolute Gasteiger partial charge is 0.326 e. The average molecular weight is 493 g/mol. The lowest BCUT2D eigenvalue weighted by Crippen LogP contribution is -2.58. The lowest BCUT2D eigenvalue weighted by atomic mass is 10.1. The van der Waals surface area contributed by atoms with E-state index in [0.29, 0.717) is 45.3 Å². The van der Waals surface area contributed by atoms with Gasteiger partial charge in [0.05, 0.1) is 12.6 Å². The van der Waals surface area contributed by atoms with E-state index in [-0.39, 0.29) is 18.6 Å². The van der Waals surface area contributed by atoms with Crippen LogP contribution in [0.5, 0.6) is 0 Å². The molecule has 12 nitrogen and oxygen atoms in total. The third-order valence-electron chi connectivity index (χ3n) is 4.91. The molecule has 4 atom stereocenters. The molecule has 33 heavy (non-hydrogen) atoms. The predicted octanol–water partition coefficient (Wildman–Crippen LogP) is -2.32. The van der Waals surface area contributed by atoms with E-state index in [1.807, 2.05) is 6.92 Å². The lowest BCUT2D eigenvalue weighted by Gasteiger charge is -2.25. The van der Waals surface area contributed by atoms with Crippen molar-refractivity contribution in [3.63, 3.8) is 0 Å². The van der Waals surface area contributed by atoms with Gasteiger partial charge in [-0.1, -0.05) is 6.92 Å². The van der Waals surface area contributed by atoms with Crippen molar-refractivity contribution in [3.8, 4) is 0 Å². The van der Waals surface area contributed by atoms with E-state index < -0.39 is 54.5 Å². The van der Waals surface area contributed by atoms with E-state index >= 15 is 0 Å². The molecule has 0 aromatic carbocycles. The van der Waals surface area contributed by atoms with Crippen LogP contribution in [0.1, 0.15) is 45.4 Å². The van der Waals surface area contributed by atoms with Crippen LogP contribution >= 0.6 is 12.6 Å². The summed E-state index contributed by atoms with van der Waals surface area (Å²) in [5.41, 5.74) is 10.9. The molecule has 0 fully saturated rings. The van der Waals surface area contributed by atoms with Crippen molar-refractivity contribution in [2.45, 2.75) is 69.6 Å². The quantitative estimate of drug-likeness (QED) is 0.0699. The minimum Gasteiger partial charge on any atom is -0.480 e. The lowest BCUT2D eigenvalue weighted by molar-refractivity contribution is -0.142. The summed E-state index contributed by atoms with van der Waals surface area (Å²) >= 11 is 4.10. The van der Waals surface area contributed by atoms with Gasteiger partial charge in [-0.05, 0) is 58.2 Å². The van der Waals surface area contributed by atoms with Gasteiger partial charge in [0, 0.05) is 5.75 Å². The Bertz CT molecular complexity index is 612. The summed E-state index contributed by atoms with van der Waals surface area (Å²) in [4.78, 5) is 49.3. The van der Waals surface area contributed by atoms with Crippen LogP contribution in [0.4, 0.5) is 0 Å². The molecule has 0 radical (unpaired) electrons. The minimum atomic E-state index is -1.29. The topological polar surface area (TPSA) is 209 Å². The van der Waals surface area contributed by atoms with Crippen LogP contribution < -0.4 is 32.7 Å². The van der Waals surface area contributed by atoms with Crippen LogP contribution in [-0.4, -0.2) is 90.1 Å². The SMILES string of the molecule is CCN[C@@H](CS)C(=O)N[C@H](CO)C(=O)N[C@@H](CCCCN)C(=O)N[C@@H](CCCCN)C(=O)O. The van der Waals surface area contributed by atoms with Gasteiger partial charge in [-0.15, -0.1) is 0 Å². The van der Waals surface area contributed by atoms with Crippen molar-refractivity contribution < 1.29 is 29.4 Å². The highest BCUT2D eigenvalue weighted by atomic mass is 32.1. The molecule has 0 aliphatic carbocycles. The van der Waals surface area contributed by atoms with Gasteiger partial charge >= 0.3 is 5.97 Å². The fourth-order valence-electron chi connectivity index (χ4n) is 3.01. The summed E-state index contributed by atoms with van der Waals surface area (Å²) in [5, 5.41) is 29.3. The van der Waals surface area contributed by atoms with E-state index in [9.17, 15) is 29.4 Å². The maximum absolute atomic E-state index is 12.8. The molecule has 192 valence electrons. The Labute approximate surface area is 200 Å². The first kappa shape index (κ1) is 31.1. The molecule has 0 heterocycles. The van der Waals surface area contributed by atoms with Gasteiger partial charge in [0.15, 0.2) is 0 Å². The number of aliphatic hydroxyl groups excluding tert-OH is 1. The second kappa shape index (κ2) is 18.5. The second-order valence-corrected chi connectivity index (χ2v) is 7.93. The summed E-state index contributed by atoms with van der Waals surface area (Å²) in [6.07, 6.45) is 2.67. The van der Waals surface area contributed by atoms with Crippen molar-refractivity contribution >= 4 is 36.3 Å². The maximum atomic E-state index is 12.8. The summed E-state index contributed by atoms with van der Waals surface area (Å²) in [6, 6.07) is -4.12. The van der Waals surface area contributed by atoms with Crippen LogP contribution in [0.25, 0.3) is 0 Å². The Balaban J connectivity index is 5.26. The number of carboxylic acids is 1. The Morgan fingerprint density at radius 1 is 0.788 bits per heavy atom. The fraction of sp³-hybridized carbons (Fsp3) is 0.800. The number of amides is 3. The number of thiol groups is 1. The Kier molecular flexibility index (Phi) is 17.4. The maximum Gasteiger partial charge on any atom is 0.326 e. The molecular weight excluding hydrogens is 452 g/mol. The fourth-order valence-corrected chi connectivity index (χ4v) is 3.30. The minimum absolute atomic E-state index is 0.185. The van der Waals surface area contributed by atoms with Crippen LogP contribution in [0.2, 0.25) is 0 Å². The zero-order valence-corrected chi connectivity index (χ0v) is 20.1. The average Bonchev–Trinajstić information content (AvgIpc) is 2.79. The number of unbranched alkanes of at least 4 members (excludes halogenated alkanes) is 2. The number of aliphatic hydroxyl groups is 1. The Hall–Kier alpha value is -1.93. The normalized spacial score (nSPS) is 14.6. The summed E-state index contributed by atoms with van der Waals surface area (Å²) in [5.74, 6) is -2.94. The first-order valence-corrected chi connectivity index (χ1v) is 11.9. The monoisotopic (exact) mass is 492 g/mol. The number of hydrogen-bond acceptors (Lipinski definition) is 9. The molecule has 0 aliphatic rings. The van der Waals surface area contributed by atoms with Gasteiger partial charge < -0.3 is 42.9 Å². The van der Waals surface area contributed by atoms with Crippen molar-refractivity contribution in [1.29, 1.82) is 0 Å². The van der Waals surface area contributed by atoms with Crippen LogP contribution in [0.15, 0.2) is 0 Å². The number of rotatable bonds is 19. The standard InChI is InChI=1S/C20H40N6O6S/c1-2-23-16(12-33)19(30)26-15(11-27)18(29)24-13(7-3-5-9-21)17(28)25-14(20(31)32)8-4-6-10-22/h13-16,23,27,33H,2-12,21-22H2,1H3,(H,24,29)(H,25,28)(H,26,30)(H,31,32)/t13-,14-,15+,16-/m0/s1. The highest BCUT2D eigenvalue weighted by Crippen LogP contribution is 2.06. The molecule has 10 N–H and O–H groups in total. The van der Waals surface area contributed by atoms with Crippen molar-refractivity contribution in [3.05, 3.63) is 0 Å². The number of nitrogens with two attached hydrogens (primary N) is 2. The molecule has 0 aliphatic heterocycles. The molecular formula is C20H40N6O6S. The van der Waals surface area contributed by atoms with Crippen molar-refractivity contribution in [2.75, 3.05) is 32.0 Å². The van der Waals surface area contributed by atoms with Gasteiger partial charge in [-0.25, -0.2) is 4.79 Å². The number of nitrogens with one attached hydrogen (secondary N) is 4. The Morgan fingerprint density at radius 3 is 1.70 bits per heavy atom. The van der Waals surface area contributed by atoms with Gasteiger partial charge in [-0.2, -0.15) is 12.6 Å². The zero-order chi connectivity index (χ0) is 25.2. The number of hydrogen-bond donors (Lipinski definition) is 9. The van der Waals surface area contributed by atoms with E-state index in [0.717, 1.165) is 0 Å². The molecule has 0 aromatic heterocycles. The molecule has 0 bridgehead atoms. The highest BCUT2D eigenvalue weighted by Gasteiger charge is 2.30. The second-order valence-electron chi connectivity index (χ2n) is 7.57. The van der Waals surface area contributed by atoms with Crippen LogP contribution in [0.3, 0.4) is 0 Å². The van der Waals surface area contributed by atoms with Crippen LogP contribution in [-0.2, 0) is 19.2 Å². The summed E-state index contributed by atoms with van der Waals surface area (Å²) in [6.45, 7) is 2.44. The molecule has 3 amide bonds. The van der Waals surface area contributed by atoms with Crippen molar-refractivity contribution in [2.24, 2.45) is 11.5 Å². The predicted molar refractivity (Wildman–Crippen MR) is 128 cm³/mol. The van der Waals surface area contributed by atoms with Gasteiger partial charge in [0.2, 0.25) is 17.7 Å². The summed E-state index contributed by atoms with van der Waals surface area (Å²) in [7, 11) is 0. The van der Waals surface area contributed by atoms with E-state index in [2.05, 4.69) is 33.9 Å². The van der Waals surface area contributed by atoms with E-state index in [1.54, 1.807) is 0 Å². The number of carbonyl (C=O) groups excluding carboxylic acids is 3. The van der Waals surface area contributed by atoms with Gasteiger partial charge in [-0.3, -0.25) is 14.4 Å². The third-order valence-corrected chi connectivity index (χ3v) is 5.27. The molecule has 13 heteroatoms. The van der Waals surface area contributed by atoms with Crippen LogP contribution in [0, 0.1) is 0 Å². The molecule has 0 spiro atoms. The van der Waals surface area contributed by atoms with E-state index in [1.165, 1.54) is 0 Å². The van der Waals surface area contributed by atoms with E-state index in [4.69, 9.17) is 11.5 Å². The van der Waals surface area contributed by atoms with Crippen molar-refractivity contribution in [1.82, 2.24) is 21.3 Å². The molecule has 0 rings (SSSR count). The molecule has 0 saturated heterocycles. The van der Waals surface area contributed by atoms with Gasteiger partial charge in [0.25, 0.3) is 0 Å². The summed E-state index contributed by atoms with van der Waals surface area (Å²) < 4.78 is 0. The number of carboxylic acid groups (broad SMARTS) is 1. The largest absolute Gasteiger partial charge is 0.480 e.